The molecule has 13 heteroatoms. The number of carbonyl (C=O) groups excluding carboxylic acids is 1. The number of thioether (sulfide) groups is 1. The zero-order chi connectivity index (χ0) is 28.3. The van der Waals surface area contributed by atoms with Gasteiger partial charge in [-0.05, 0) is 29.8 Å². The van der Waals surface area contributed by atoms with E-state index in [0.29, 0.717) is 0 Å². The Bertz CT molecular complexity index is 1310. The Balaban J connectivity index is 1.74. The van der Waals surface area contributed by atoms with Gasteiger partial charge in [0.05, 0.1) is 23.8 Å². The second-order valence-corrected chi connectivity index (χ2v) is 11.0. The molecule has 0 bridgehead atoms. The molecule has 3 atom stereocenters. The first-order chi connectivity index (χ1) is 18.6. The third kappa shape index (κ3) is 10.7. The first kappa shape index (κ1) is 30.1. The van der Waals surface area contributed by atoms with E-state index in [1.54, 1.807) is 24.3 Å². The van der Waals surface area contributed by atoms with Crippen LogP contribution in [0.25, 0.3) is 0 Å². The Morgan fingerprint density at radius 2 is 1.64 bits per heavy atom. The van der Waals surface area contributed by atoms with Gasteiger partial charge in [-0.15, -0.1) is 11.8 Å². The number of nitro benzene ring substituents is 1. The molecule has 3 aromatic rings. The van der Waals surface area contributed by atoms with E-state index in [9.17, 15) is 28.4 Å². The van der Waals surface area contributed by atoms with Gasteiger partial charge >= 0.3 is 6.09 Å². The number of nitro groups is 1. The normalized spacial score (nSPS) is 13.7. The van der Waals surface area contributed by atoms with Crippen molar-refractivity contribution in [2.45, 2.75) is 29.9 Å². The highest BCUT2D eigenvalue weighted by Crippen LogP contribution is 2.23. The number of hydrogen-bond acceptors (Lipinski definition) is 10. The Morgan fingerprint density at radius 1 is 1.03 bits per heavy atom. The number of aliphatic hydroxyl groups is 1. The van der Waals surface area contributed by atoms with Gasteiger partial charge in [-0.3, -0.25) is 14.3 Å². The summed E-state index contributed by atoms with van der Waals surface area (Å²) >= 11 is 1.35. The maximum absolute atomic E-state index is 12.7. The Morgan fingerprint density at radius 3 is 2.23 bits per heavy atom. The third-order valence-electron chi connectivity index (χ3n) is 5.24. The van der Waals surface area contributed by atoms with Crippen molar-refractivity contribution in [2.75, 3.05) is 18.6 Å². The van der Waals surface area contributed by atoms with Crippen molar-refractivity contribution in [1.82, 2.24) is 5.32 Å². The molecule has 0 spiro atoms. The Kier molecular flexibility index (Phi) is 11.3. The summed E-state index contributed by atoms with van der Waals surface area (Å²) in [5, 5.41) is 24.0. The topological polar surface area (TPSA) is 154 Å². The van der Waals surface area contributed by atoms with E-state index < -0.39 is 46.2 Å². The molecular weight excluding hydrogens is 548 g/mol. The van der Waals surface area contributed by atoms with Gasteiger partial charge in [0.15, 0.2) is 6.29 Å². The summed E-state index contributed by atoms with van der Waals surface area (Å²) in [4.78, 5) is 23.8. The van der Waals surface area contributed by atoms with Gasteiger partial charge < -0.3 is 19.9 Å². The fourth-order valence-electron chi connectivity index (χ4n) is 3.34. The average molecular weight is 577 g/mol. The summed E-state index contributed by atoms with van der Waals surface area (Å²) in [6.07, 6.45) is -2.71. The minimum atomic E-state index is -4.01. The second-order valence-electron chi connectivity index (χ2n) is 8.31. The van der Waals surface area contributed by atoms with E-state index in [2.05, 4.69) is 5.32 Å². The van der Waals surface area contributed by atoms with Crippen molar-refractivity contribution in [3.63, 3.8) is 0 Å². The van der Waals surface area contributed by atoms with E-state index in [1.165, 1.54) is 36.0 Å². The van der Waals surface area contributed by atoms with Crippen LogP contribution in [0.15, 0.2) is 89.8 Å². The number of carbonyl (C=O) groups is 1. The molecule has 0 aliphatic rings. The highest BCUT2D eigenvalue weighted by molar-refractivity contribution is 7.99. The van der Waals surface area contributed by atoms with Gasteiger partial charge in [0, 0.05) is 28.3 Å². The number of ether oxygens (including phenoxy) is 2. The van der Waals surface area contributed by atoms with Crippen LogP contribution in [0.3, 0.4) is 0 Å². The summed E-state index contributed by atoms with van der Waals surface area (Å²) < 4.78 is 40.2. The number of alkyl carbamates (subject to hydrolysis) is 1. The maximum Gasteiger partial charge on any atom is 0.407 e. The molecule has 0 saturated heterocycles. The zero-order valence-corrected chi connectivity index (χ0v) is 22.5. The largest absolute Gasteiger partial charge is 0.445 e. The summed E-state index contributed by atoms with van der Waals surface area (Å²) in [5.41, 5.74) is 0.811. The van der Waals surface area contributed by atoms with Crippen LogP contribution in [-0.4, -0.2) is 55.3 Å². The maximum atomic E-state index is 12.7. The number of amides is 1. The smallest absolute Gasteiger partial charge is 0.407 e. The van der Waals surface area contributed by atoms with Gasteiger partial charge in [-0.1, -0.05) is 48.5 Å². The molecule has 0 saturated carbocycles. The van der Waals surface area contributed by atoms with Crippen LogP contribution < -0.4 is 5.32 Å². The van der Waals surface area contributed by atoms with Crippen molar-refractivity contribution in [3.8, 4) is 0 Å². The predicted molar refractivity (Wildman–Crippen MR) is 144 cm³/mol. The Hall–Kier alpha value is -3.49. The van der Waals surface area contributed by atoms with Crippen LogP contribution in [0, 0.1) is 10.1 Å². The lowest BCUT2D eigenvalue weighted by Gasteiger charge is -2.27. The number of rotatable bonds is 14. The van der Waals surface area contributed by atoms with E-state index in [-0.39, 0.29) is 23.6 Å². The molecule has 0 aromatic heterocycles. The number of non-ortho nitro benzene ring substituents is 1. The van der Waals surface area contributed by atoms with Crippen molar-refractivity contribution >= 4 is 33.7 Å². The zero-order valence-electron chi connectivity index (χ0n) is 20.9. The van der Waals surface area contributed by atoms with E-state index in [1.807, 2.05) is 36.4 Å². The van der Waals surface area contributed by atoms with Crippen LogP contribution in [0.1, 0.15) is 17.4 Å². The van der Waals surface area contributed by atoms with Gasteiger partial charge in [0.1, 0.15) is 12.7 Å². The second kappa shape index (κ2) is 14.6. The molecule has 0 aliphatic carbocycles. The quantitative estimate of drug-likeness (QED) is 0.0945. The highest BCUT2D eigenvalue weighted by atomic mass is 32.2. The molecule has 0 aliphatic heterocycles. The fraction of sp³-hybridized carbons (Fsp3) is 0.269. The molecular formula is C26H28N2O9S2. The molecule has 39 heavy (non-hydrogen) atoms. The third-order valence-corrected chi connectivity index (χ3v) is 6.97. The fourth-order valence-corrected chi connectivity index (χ4v) is 5.00. The molecule has 0 radical (unpaired) electrons. The number of nitrogens with one attached hydrogen (secondary N) is 1. The molecule has 0 heterocycles. The molecule has 1 amide bonds. The minimum absolute atomic E-state index is 0.00181. The number of hydrogen-bond donors (Lipinski definition) is 2. The number of nitrogens with zero attached hydrogens (tertiary/aromatic N) is 1. The minimum Gasteiger partial charge on any atom is -0.445 e. The lowest BCUT2D eigenvalue weighted by Crippen LogP contribution is -2.49. The monoisotopic (exact) mass is 576 g/mol. The molecule has 3 rings (SSSR count). The van der Waals surface area contributed by atoms with Crippen LogP contribution >= 0.6 is 11.8 Å². The molecule has 0 fully saturated rings. The van der Waals surface area contributed by atoms with Gasteiger partial charge in [0.25, 0.3) is 15.8 Å². The molecule has 2 N–H and O–H groups in total. The summed E-state index contributed by atoms with van der Waals surface area (Å²) in [6, 6.07) is 22.4. The van der Waals surface area contributed by atoms with Gasteiger partial charge in [-0.25, -0.2) is 4.79 Å². The van der Waals surface area contributed by atoms with Gasteiger partial charge in [0.2, 0.25) is 0 Å². The summed E-state index contributed by atoms with van der Waals surface area (Å²) in [5.74, 6) is 0.182. The van der Waals surface area contributed by atoms with Crippen LogP contribution in [0.4, 0.5) is 10.5 Å². The lowest BCUT2D eigenvalue weighted by atomic mass is 10.2. The van der Waals surface area contributed by atoms with Gasteiger partial charge in [-0.2, -0.15) is 8.42 Å². The summed E-state index contributed by atoms with van der Waals surface area (Å²) in [7, 11) is -4.01. The van der Waals surface area contributed by atoms with E-state index in [0.717, 1.165) is 16.7 Å². The molecule has 208 valence electrons. The molecule has 3 aromatic carbocycles. The average Bonchev–Trinajstić information content (AvgIpc) is 2.92. The Labute approximate surface area is 230 Å². The van der Waals surface area contributed by atoms with Crippen molar-refractivity contribution < 1.29 is 36.9 Å². The van der Waals surface area contributed by atoms with E-state index in [4.69, 9.17) is 13.7 Å². The molecule has 11 nitrogen and oxygen atoms in total. The highest BCUT2D eigenvalue weighted by Gasteiger charge is 2.30. The number of aliphatic hydroxyl groups excluding tert-OH is 1. The van der Waals surface area contributed by atoms with Crippen LogP contribution in [0.2, 0.25) is 0 Å². The standard InChI is InChI=1S/C26H28N2O9S2/c1-39(33,34)37-24(17-35-25(29)20-12-14-21(15-13-20)28(31)32)23(18-38-22-10-6-3-7-11-22)27-26(30)36-16-19-8-4-2-5-9-19/h2-15,23-25,29H,16-18H2,1H3,(H,27,30)/t23-,24-,25?/m0/s1. The van der Waals surface area contributed by atoms with E-state index >= 15 is 0 Å². The first-order valence-corrected chi connectivity index (χ1v) is 14.5. The van der Waals surface area contributed by atoms with Crippen LogP contribution in [0.5, 0.6) is 0 Å². The lowest BCUT2D eigenvalue weighted by molar-refractivity contribution is -0.384. The molecule has 1 unspecified atom stereocenters. The summed E-state index contributed by atoms with van der Waals surface area (Å²) in [6.45, 7) is -0.442. The SMILES string of the molecule is CS(=O)(=O)O[C@@H](COC(O)c1ccc([N+](=O)[O-])cc1)[C@H](CSc1ccccc1)NC(=O)OCc1ccccc1. The predicted octanol–water partition coefficient (Wildman–Crippen LogP) is 4.03. The number of benzene rings is 3. The van der Waals surface area contributed by atoms with Crippen molar-refractivity contribution in [2.24, 2.45) is 0 Å². The first-order valence-electron chi connectivity index (χ1n) is 11.7. The van der Waals surface area contributed by atoms with Crippen molar-refractivity contribution in [1.29, 1.82) is 0 Å². The van der Waals surface area contributed by atoms with Crippen LogP contribution in [-0.2, 0) is 30.4 Å². The van der Waals surface area contributed by atoms with Crippen molar-refractivity contribution in [3.05, 3.63) is 106 Å².